The van der Waals surface area contributed by atoms with Crippen LogP contribution in [0.1, 0.15) is 17.2 Å². The summed E-state index contributed by atoms with van der Waals surface area (Å²) in [6.07, 6.45) is -4.44. The minimum absolute atomic E-state index is 0.0715. The summed E-state index contributed by atoms with van der Waals surface area (Å²) in [4.78, 5) is 14.1. The van der Waals surface area contributed by atoms with Gasteiger partial charge >= 0.3 is 6.18 Å². The summed E-state index contributed by atoms with van der Waals surface area (Å²) in [6.45, 7) is 0.144. The van der Waals surface area contributed by atoms with Crippen LogP contribution in [0.25, 0.3) is 0 Å². The van der Waals surface area contributed by atoms with Gasteiger partial charge in [-0.3, -0.25) is 4.79 Å². The summed E-state index contributed by atoms with van der Waals surface area (Å²) in [5.41, 5.74) is 0.453. The van der Waals surface area contributed by atoms with E-state index in [0.717, 1.165) is 17.8 Å². The first-order valence-electron chi connectivity index (χ1n) is 8.03. The summed E-state index contributed by atoms with van der Waals surface area (Å²) in [7, 11) is 3.20. The molecular weight excluding hydrogens is 345 g/mol. The van der Waals surface area contributed by atoms with Crippen molar-refractivity contribution in [3.05, 3.63) is 65.7 Å². The van der Waals surface area contributed by atoms with Crippen LogP contribution in [0, 0.1) is 0 Å². The topological polar surface area (TPSA) is 41.6 Å². The number of benzene rings is 2. The van der Waals surface area contributed by atoms with E-state index in [2.05, 4.69) is 5.32 Å². The number of nitrogens with zero attached hydrogens (tertiary/aromatic N) is 1. The maximum absolute atomic E-state index is 12.9. The smallest absolute Gasteiger partial charge is 0.382 e. The van der Waals surface area contributed by atoms with Crippen molar-refractivity contribution in [1.82, 2.24) is 5.32 Å². The molecule has 0 aliphatic heterocycles. The van der Waals surface area contributed by atoms with Crippen molar-refractivity contribution >= 4 is 11.6 Å². The van der Waals surface area contributed by atoms with Crippen LogP contribution < -0.4 is 10.2 Å². The van der Waals surface area contributed by atoms with Crippen LogP contribution in [0.2, 0.25) is 0 Å². The van der Waals surface area contributed by atoms with E-state index in [4.69, 9.17) is 4.74 Å². The second kappa shape index (κ2) is 8.71. The lowest BCUT2D eigenvalue weighted by Gasteiger charge is -2.23. The fraction of sp³-hybridized carbons (Fsp3) is 0.316. The molecule has 26 heavy (non-hydrogen) atoms. The van der Waals surface area contributed by atoms with Crippen LogP contribution in [0.4, 0.5) is 18.9 Å². The van der Waals surface area contributed by atoms with Gasteiger partial charge in [-0.2, -0.15) is 13.2 Å². The van der Waals surface area contributed by atoms with E-state index in [1.807, 2.05) is 30.3 Å². The minimum Gasteiger partial charge on any atom is -0.382 e. The second-order valence-electron chi connectivity index (χ2n) is 5.89. The number of carbonyl (C=O) groups is 1. The van der Waals surface area contributed by atoms with Crippen molar-refractivity contribution < 1.29 is 22.7 Å². The summed E-state index contributed by atoms with van der Waals surface area (Å²) < 4.78 is 43.8. The van der Waals surface area contributed by atoms with Crippen LogP contribution >= 0.6 is 0 Å². The van der Waals surface area contributed by atoms with E-state index >= 15 is 0 Å². The van der Waals surface area contributed by atoms with Gasteiger partial charge in [0, 0.05) is 19.8 Å². The van der Waals surface area contributed by atoms with Gasteiger partial charge in [-0.25, -0.2) is 0 Å². The van der Waals surface area contributed by atoms with E-state index < -0.39 is 17.8 Å². The Balaban J connectivity index is 2.09. The Kier molecular flexibility index (Phi) is 6.63. The van der Waals surface area contributed by atoms with E-state index in [-0.39, 0.29) is 19.1 Å². The first-order valence-corrected chi connectivity index (χ1v) is 8.03. The molecule has 7 heteroatoms. The molecular formula is C19H21F3N2O2. The maximum Gasteiger partial charge on any atom is 0.416 e. The molecule has 0 aromatic heterocycles. The minimum atomic E-state index is -4.44. The van der Waals surface area contributed by atoms with Gasteiger partial charge < -0.3 is 15.0 Å². The highest BCUT2D eigenvalue weighted by molar-refractivity contribution is 5.81. The van der Waals surface area contributed by atoms with Gasteiger partial charge in [-0.15, -0.1) is 0 Å². The van der Waals surface area contributed by atoms with Gasteiger partial charge in [0.1, 0.15) is 0 Å². The zero-order chi connectivity index (χ0) is 19.2. The maximum atomic E-state index is 12.9. The molecule has 1 unspecified atom stereocenters. The third kappa shape index (κ3) is 5.49. The van der Waals surface area contributed by atoms with Crippen molar-refractivity contribution in [1.29, 1.82) is 0 Å². The Morgan fingerprint density at radius 2 is 1.85 bits per heavy atom. The number of rotatable bonds is 7. The molecule has 2 aromatic rings. The third-order valence-electron chi connectivity index (χ3n) is 3.86. The van der Waals surface area contributed by atoms with Crippen LogP contribution in [0.15, 0.2) is 54.6 Å². The zero-order valence-corrected chi connectivity index (χ0v) is 14.6. The van der Waals surface area contributed by atoms with Gasteiger partial charge in [0.25, 0.3) is 0 Å². The highest BCUT2D eigenvalue weighted by atomic mass is 19.4. The van der Waals surface area contributed by atoms with E-state index in [1.165, 1.54) is 13.2 Å². The number of amides is 1. The normalized spacial score (nSPS) is 12.5. The number of para-hydroxylation sites is 1. The van der Waals surface area contributed by atoms with Crippen molar-refractivity contribution in [2.24, 2.45) is 0 Å². The van der Waals surface area contributed by atoms with Gasteiger partial charge in [0.15, 0.2) is 0 Å². The molecule has 1 amide bonds. The highest BCUT2D eigenvalue weighted by Crippen LogP contribution is 2.30. The largest absolute Gasteiger partial charge is 0.416 e. The van der Waals surface area contributed by atoms with E-state index in [1.54, 1.807) is 18.0 Å². The fourth-order valence-electron chi connectivity index (χ4n) is 2.55. The lowest BCUT2D eigenvalue weighted by atomic mass is 10.0. The Hall–Kier alpha value is -2.54. The molecule has 0 bridgehead atoms. The van der Waals surface area contributed by atoms with Gasteiger partial charge in [0.2, 0.25) is 5.91 Å². The summed E-state index contributed by atoms with van der Waals surface area (Å²) >= 11 is 0. The summed E-state index contributed by atoms with van der Waals surface area (Å²) in [5, 5.41) is 2.74. The number of methoxy groups -OCH3 is 1. The van der Waals surface area contributed by atoms with Gasteiger partial charge in [-0.1, -0.05) is 30.3 Å². The molecule has 0 fully saturated rings. The molecule has 1 atom stereocenters. The average molecular weight is 366 g/mol. The average Bonchev–Trinajstić information content (AvgIpc) is 2.61. The van der Waals surface area contributed by atoms with Crippen molar-refractivity contribution in [3.8, 4) is 0 Å². The number of likely N-dealkylation sites (N-methyl/N-ethyl adjacent to an activating group) is 1. The number of carbonyl (C=O) groups excluding carboxylic acids is 1. The molecule has 0 aliphatic rings. The number of halogens is 3. The van der Waals surface area contributed by atoms with Gasteiger partial charge in [-0.05, 0) is 29.8 Å². The Morgan fingerprint density at radius 1 is 1.15 bits per heavy atom. The molecule has 0 radical (unpaired) electrons. The summed E-state index contributed by atoms with van der Waals surface area (Å²) in [5.74, 6) is -0.309. The third-order valence-corrected chi connectivity index (χ3v) is 3.86. The van der Waals surface area contributed by atoms with Crippen molar-refractivity contribution in [2.75, 3.05) is 32.2 Å². The number of hydrogen-bond acceptors (Lipinski definition) is 3. The zero-order valence-electron chi connectivity index (χ0n) is 14.6. The molecule has 2 aromatic carbocycles. The van der Waals surface area contributed by atoms with E-state index in [0.29, 0.717) is 5.56 Å². The van der Waals surface area contributed by atoms with Crippen molar-refractivity contribution in [3.63, 3.8) is 0 Å². The molecule has 0 aliphatic carbocycles. The summed E-state index contributed by atoms with van der Waals surface area (Å²) in [6, 6.07) is 13.6. The molecule has 1 N–H and O–H groups in total. The van der Waals surface area contributed by atoms with Gasteiger partial charge in [0.05, 0.1) is 24.8 Å². The van der Waals surface area contributed by atoms with Crippen LogP contribution in [0.5, 0.6) is 0 Å². The Labute approximate surface area is 150 Å². The first-order chi connectivity index (χ1) is 12.3. The Morgan fingerprint density at radius 3 is 2.46 bits per heavy atom. The molecule has 0 saturated carbocycles. The van der Waals surface area contributed by atoms with Crippen LogP contribution in [0.3, 0.4) is 0 Å². The number of ether oxygens (including phenoxy) is 1. The van der Waals surface area contributed by atoms with E-state index in [9.17, 15) is 18.0 Å². The lowest BCUT2D eigenvalue weighted by Crippen LogP contribution is -2.38. The highest BCUT2D eigenvalue weighted by Gasteiger charge is 2.31. The monoisotopic (exact) mass is 366 g/mol. The number of hydrogen-bond donors (Lipinski definition) is 1. The van der Waals surface area contributed by atoms with Crippen LogP contribution in [-0.4, -0.2) is 33.2 Å². The fourth-order valence-corrected chi connectivity index (χ4v) is 2.55. The van der Waals surface area contributed by atoms with Crippen LogP contribution in [-0.2, 0) is 15.7 Å². The predicted octanol–water partition coefficient (Wildman–Crippen LogP) is 3.65. The molecule has 0 saturated heterocycles. The SMILES string of the molecule is COCC(NC(=O)CN(C)c1ccccc1)c1cccc(C(F)(F)F)c1. The molecule has 4 nitrogen and oxygen atoms in total. The van der Waals surface area contributed by atoms with Crippen molar-refractivity contribution in [2.45, 2.75) is 12.2 Å². The lowest BCUT2D eigenvalue weighted by molar-refractivity contribution is -0.137. The first kappa shape index (κ1) is 19.8. The second-order valence-corrected chi connectivity index (χ2v) is 5.89. The molecule has 0 heterocycles. The number of anilines is 1. The number of nitrogens with one attached hydrogen (secondary N) is 1. The standard InChI is InChI=1S/C19H21F3N2O2/c1-24(16-9-4-3-5-10-16)12-18(25)23-17(13-26-2)14-7-6-8-15(11-14)19(20,21)22/h3-11,17H,12-13H2,1-2H3,(H,23,25). The quantitative estimate of drug-likeness (QED) is 0.813. The molecule has 140 valence electrons. The Bertz CT molecular complexity index is 720. The number of alkyl halides is 3. The molecule has 0 spiro atoms. The molecule has 2 rings (SSSR count). The predicted molar refractivity (Wildman–Crippen MR) is 93.9 cm³/mol.